The Hall–Kier alpha value is -2.75. The number of benzene rings is 2. The van der Waals surface area contributed by atoms with Gasteiger partial charge in [0.1, 0.15) is 5.69 Å². The summed E-state index contributed by atoms with van der Waals surface area (Å²) in [7, 11) is 0. The zero-order chi connectivity index (χ0) is 16.1. The number of carbonyl (C=O) groups excluding carboxylic acids is 1. The highest BCUT2D eigenvalue weighted by Gasteiger charge is 2.13. The molecule has 0 fully saturated rings. The number of rotatable bonds is 5. The van der Waals surface area contributed by atoms with Crippen LogP contribution >= 0.6 is 0 Å². The molecule has 1 amide bonds. The molecule has 0 aliphatic heterocycles. The van der Waals surface area contributed by atoms with E-state index in [4.69, 9.17) is 0 Å². The van der Waals surface area contributed by atoms with Crippen molar-refractivity contribution in [2.24, 2.45) is 0 Å². The van der Waals surface area contributed by atoms with Crippen molar-refractivity contribution < 1.29 is 4.79 Å². The smallest absolute Gasteiger partial charge is 0.271 e. The molecule has 1 heterocycles. The first-order valence-electron chi connectivity index (χ1n) is 7.83. The van der Waals surface area contributed by atoms with Crippen molar-refractivity contribution in [3.05, 3.63) is 72.1 Å². The van der Waals surface area contributed by atoms with Gasteiger partial charge in [-0.25, -0.2) is 4.98 Å². The third-order valence-corrected chi connectivity index (χ3v) is 3.95. The minimum atomic E-state index is -0.183. The fraction of sp³-hybridized carbons (Fsp3) is 0.211. The van der Waals surface area contributed by atoms with Crippen LogP contribution in [0.4, 0.5) is 0 Å². The maximum atomic E-state index is 12.3. The normalized spacial score (nSPS) is 12.0. The number of hydrogen-bond acceptors (Lipinski definition) is 3. The van der Waals surface area contributed by atoms with Gasteiger partial charge in [0.2, 0.25) is 0 Å². The van der Waals surface area contributed by atoms with Crippen molar-refractivity contribution in [3.63, 3.8) is 0 Å². The molecule has 0 aliphatic carbocycles. The Morgan fingerprint density at radius 2 is 1.74 bits per heavy atom. The maximum Gasteiger partial charge on any atom is 0.271 e. The third kappa shape index (κ3) is 3.54. The van der Waals surface area contributed by atoms with E-state index in [-0.39, 0.29) is 5.91 Å². The fourth-order valence-corrected chi connectivity index (χ4v) is 2.60. The first-order valence-corrected chi connectivity index (χ1v) is 7.83. The molecule has 3 rings (SSSR count). The second-order valence-electron chi connectivity index (χ2n) is 5.47. The highest BCUT2D eigenvalue weighted by molar-refractivity contribution is 5.93. The van der Waals surface area contributed by atoms with E-state index in [2.05, 4.69) is 34.3 Å². The van der Waals surface area contributed by atoms with E-state index in [1.54, 1.807) is 0 Å². The van der Waals surface area contributed by atoms with Gasteiger partial charge in [0.05, 0.1) is 17.2 Å². The molecule has 0 bridgehead atoms. The summed E-state index contributed by atoms with van der Waals surface area (Å²) in [6.07, 6.45) is 2.49. The van der Waals surface area contributed by atoms with E-state index in [9.17, 15) is 4.79 Å². The maximum absolute atomic E-state index is 12.3. The lowest BCUT2D eigenvalue weighted by Crippen LogP contribution is -2.29. The number of aromatic nitrogens is 2. The van der Waals surface area contributed by atoms with Gasteiger partial charge in [-0.05, 0) is 24.1 Å². The molecule has 3 aromatic rings. The lowest BCUT2D eigenvalue weighted by Gasteiger charge is -2.16. The summed E-state index contributed by atoms with van der Waals surface area (Å²) < 4.78 is 0. The number of fused-ring (bicyclic) bond motifs is 1. The number of para-hydroxylation sites is 2. The number of nitrogens with zero attached hydrogens (tertiary/aromatic N) is 2. The summed E-state index contributed by atoms with van der Waals surface area (Å²) in [4.78, 5) is 21.0. The summed E-state index contributed by atoms with van der Waals surface area (Å²) >= 11 is 0. The Morgan fingerprint density at radius 3 is 2.48 bits per heavy atom. The summed E-state index contributed by atoms with van der Waals surface area (Å²) in [6.45, 7) is 2.72. The number of hydrogen-bond donors (Lipinski definition) is 1. The van der Waals surface area contributed by atoms with E-state index < -0.39 is 0 Å². The van der Waals surface area contributed by atoms with Crippen molar-refractivity contribution in [2.45, 2.75) is 19.3 Å². The molecule has 23 heavy (non-hydrogen) atoms. The largest absolute Gasteiger partial charge is 0.350 e. The van der Waals surface area contributed by atoms with Crippen LogP contribution in [0.15, 0.2) is 60.8 Å². The lowest BCUT2D eigenvalue weighted by molar-refractivity contribution is 0.0946. The van der Waals surface area contributed by atoms with Gasteiger partial charge in [-0.1, -0.05) is 49.4 Å². The van der Waals surface area contributed by atoms with Gasteiger partial charge in [-0.2, -0.15) is 0 Å². The van der Waals surface area contributed by atoms with Gasteiger partial charge < -0.3 is 5.32 Å². The molecule has 0 aliphatic rings. The standard InChI is InChI=1S/C19H19N3O/c1-2-14(15-8-4-3-5-9-15)12-21-19(23)18-13-20-16-10-6-7-11-17(16)22-18/h3-11,13-14H,2,12H2,1H3,(H,21,23)/t14-/m1/s1. The Kier molecular flexibility index (Phi) is 4.62. The molecule has 116 valence electrons. The molecule has 0 saturated heterocycles. The second kappa shape index (κ2) is 7.01. The molecule has 0 spiro atoms. The summed E-state index contributed by atoms with van der Waals surface area (Å²) in [5, 5.41) is 2.97. The minimum Gasteiger partial charge on any atom is -0.350 e. The van der Waals surface area contributed by atoms with Crippen LogP contribution in [0.1, 0.15) is 35.3 Å². The van der Waals surface area contributed by atoms with Crippen LogP contribution in [0, 0.1) is 0 Å². The molecule has 2 aromatic carbocycles. The van der Waals surface area contributed by atoms with Crippen LogP contribution in [0.2, 0.25) is 0 Å². The van der Waals surface area contributed by atoms with E-state index >= 15 is 0 Å². The van der Waals surface area contributed by atoms with Gasteiger partial charge in [0, 0.05) is 12.5 Å². The zero-order valence-electron chi connectivity index (χ0n) is 13.1. The van der Waals surface area contributed by atoms with E-state index in [1.165, 1.54) is 11.8 Å². The average Bonchev–Trinajstić information content (AvgIpc) is 2.62. The molecule has 1 atom stereocenters. The Labute approximate surface area is 135 Å². The van der Waals surface area contributed by atoms with Crippen molar-refractivity contribution in [1.29, 1.82) is 0 Å². The van der Waals surface area contributed by atoms with E-state index in [0.29, 0.717) is 18.2 Å². The van der Waals surface area contributed by atoms with E-state index in [1.807, 2.05) is 42.5 Å². The highest BCUT2D eigenvalue weighted by atomic mass is 16.1. The minimum absolute atomic E-state index is 0.183. The molecular weight excluding hydrogens is 286 g/mol. The van der Waals surface area contributed by atoms with Crippen molar-refractivity contribution in [2.75, 3.05) is 6.54 Å². The van der Waals surface area contributed by atoms with Crippen LogP contribution in [0.25, 0.3) is 11.0 Å². The molecular formula is C19H19N3O. The quantitative estimate of drug-likeness (QED) is 0.784. The molecule has 0 radical (unpaired) electrons. The van der Waals surface area contributed by atoms with Gasteiger partial charge in [-0.15, -0.1) is 0 Å². The summed E-state index contributed by atoms with van der Waals surface area (Å²) in [5.41, 5.74) is 3.11. The van der Waals surface area contributed by atoms with Crippen molar-refractivity contribution >= 4 is 16.9 Å². The molecule has 1 N–H and O–H groups in total. The average molecular weight is 305 g/mol. The van der Waals surface area contributed by atoms with Gasteiger partial charge in [0.15, 0.2) is 0 Å². The monoisotopic (exact) mass is 305 g/mol. The zero-order valence-corrected chi connectivity index (χ0v) is 13.1. The Morgan fingerprint density at radius 1 is 1.04 bits per heavy atom. The first kappa shape index (κ1) is 15.2. The number of nitrogens with one attached hydrogen (secondary N) is 1. The fourth-order valence-electron chi connectivity index (χ4n) is 2.60. The van der Waals surface area contributed by atoms with E-state index in [0.717, 1.165) is 17.5 Å². The molecule has 4 heteroatoms. The van der Waals surface area contributed by atoms with Crippen LogP contribution in [-0.2, 0) is 0 Å². The first-order chi connectivity index (χ1) is 11.3. The van der Waals surface area contributed by atoms with Crippen LogP contribution in [0.5, 0.6) is 0 Å². The van der Waals surface area contributed by atoms with Crippen LogP contribution in [-0.4, -0.2) is 22.4 Å². The van der Waals surface area contributed by atoms with Gasteiger partial charge in [0.25, 0.3) is 5.91 Å². The van der Waals surface area contributed by atoms with Crippen molar-refractivity contribution in [3.8, 4) is 0 Å². The van der Waals surface area contributed by atoms with Crippen LogP contribution < -0.4 is 5.32 Å². The second-order valence-corrected chi connectivity index (χ2v) is 5.47. The summed E-state index contributed by atoms with van der Waals surface area (Å²) in [5.74, 6) is 0.117. The molecule has 4 nitrogen and oxygen atoms in total. The molecule has 1 aromatic heterocycles. The Balaban J connectivity index is 1.70. The predicted octanol–water partition coefficient (Wildman–Crippen LogP) is 3.55. The van der Waals surface area contributed by atoms with Crippen LogP contribution in [0.3, 0.4) is 0 Å². The number of carbonyl (C=O) groups is 1. The molecule has 0 unspecified atom stereocenters. The third-order valence-electron chi connectivity index (χ3n) is 3.95. The SMILES string of the molecule is CC[C@H](CNC(=O)c1cnc2ccccc2n1)c1ccccc1. The number of amides is 1. The Bertz CT molecular complexity index is 802. The van der Waals surface area contributed by atoms with Gasteiger partial charge in [-0.3, -0.25) is 9.78 Å². The predicted molar refractivity (Wildman–Crippen MR) is 91.3 cm³/mol. The van der Waals surface area contributed by atoms with Crippen molar-refractivity contribution in [1.82, 2.24) is 15.3 Å². The highest BCUT2D eigenvalue weighted by Crippen LogP contribution is 2.18. The lowest BCUT2D eigenvalue weighted by atomic mass is 9.96. The molecule has 0 saturated carbocycles. The van der Waals surface area contributed by atoms with Gasteiger partial charge >= 0.3 is 0 Å². The summed E-state index contributed by atoms with van der Waals surface area (Å²) in [6, 6.07) is 17.8. The topological polar surface area (TPSA) is 54.9 Å².